The van der Waals surface area contributed by atoms with Gasteiger partial charge in [-0.15, -0.1) is 0 Å². The molecule has 0 aromatic heterocycles. The topological polar surface area (TPSA) is 21.3 Å². The average Bonchev–Trinajstić information content (AvgIpc) is 3.01. The Kier molecular flexibility index (Phi) is 3.48. The summed E-state index contributed by atoms with van der Waals surface area (Å²) in [5, 5.41) is 3.55. The van der Waals surface area contributed by atoms with Gasteiger partial charge in [0.1, 0.15) is 17.7 Å². The van der Waals surface area contributed by atoms with Crippen molar-refractivity contribution in [2.45, 2.75) is 45.1 Å². The highest BCUT2D eigenvalue weighted by Crippen LogP contribution is 2.48. The molecule has 1 fully saturated rings. The van der Waals surface area contributed by atoms with Gasteiger partial charge in [0.05, 0.1) is 0 Å². The maximum atomic E-state index is 13.1. The van der Waals surface area contributed by atoms with E-state index in [0.717, 1.165) is 30.8 Å². The lowest BCUT2D eigenvalue weighted by Gasteiger charge is -2.17. The molecule has 1 aromatic carbocycles. The second-order valence-corrected chi connectivity index (χ2v) is 6.08. The lowest BCUT2D eigenvalue weighted by molar-refractivity contribution is 0.222. The molecule has 1 aliphatic heterocycles. The quantitative estimate of drug-likeness (QED) is 0.850. The van der Waals surface area contributed by atoms with Gasteiger partial charge in [0.2, 0.25) is 0 Å². The second-order valence-electron chi connectivity index (χ2n) is 6.08. The smallest absolute Gasteiger partial charge is 0.123 e. The molecule has 1 aliphatic carbocycles. The second kappa shape index (κ2) is 5.12. The minimum atomic E-state index is -0.171. The maximum Gasteiger partial charge on any atom is 0.123 e. The van der Waals surface area contributed by atoms with Crippen LogP contribution in [0.2, 0.25) is 0 Å². The van der Waals surface area contributed by atoms with Crippen molar-refractivity contribution >= 4 is 0 Å². The zero-order valence-corrected chi connectivity index (χ0v) is 11.5. The van der Waals surface area contributed by atoms with Crippen LogP contribution in [0.3, 0.4) is 0 Å². The summed E-state index contributed by atoms with van der Waals surface area (Å²) < 4.78 is 18.9. The largest absolute Gasteiger partial charge is 0.488 e. The molecule has 3 rings (SSSR count). The molecular weight excluding hydrogens is 241 g/mol. The first-order chi connectivity index (χ1) is 9.21. The molecular formula is C16H22FNO. The first kappa shape index (κ1) is 12.9. The number of halogens is 1. The summed E-state index contributed by atoms with van der Waals surface area (Å²) in [6, 6.07) is 4.80. The van der Waals surface area contributed by atoms with Gasteiger partial charge in [-0.2, -0.15) is 0 Å². The third kappa shape index (κ3) is 2.92. The molecule has 3 heteroatoms. The summed E-state index contributed by atoms with van der Waals surface area (Å²) in [6.45, 7) is 4.22. The van der Waals surface area contributed by atoms with E-state index in [2.05, 4.69) is 12.2 Å². The Balaban J connectivity index is 1.46. The van der Waals surface area contributed by atoms with Crippen molar-refractivity contribution in [3.63, 3.8) is 0 Å². The molecule has 1 aromatic rings. The number of ether oxygens (including phenoxy) is 1. The predicted octanol–water partition coefficient (Wildman–Crippen LogP) is 3.30. The fraction of sp³-hybridized carbons (Fsp3) is 0.625. The number of benzene rings is 1. The van der Waals surface area contributed by atoms with E-state index in [1.165, 1.54) is 31.7 Å². The molecule has 0 saturated heterocycles. The average molecular weight is 263 g/mol. The van der Waals surface area contributed by atoms with Crippen molar-refractivity contribution in [3.05, 3.63) is 29.6 Å². The molecule has 1 atom stereocenters. The highest BCUT2D eigenvalue weighted by atomic mass is 19.1. The minimum absolute atomic E-state index is 0.161. The number of fused-ring (bicyclic) bond motifs is 1. The molecule has 0 radical (unpaired) electrons. The van der Waals surface area contributed by atoms with Gasteiger partial charge in [-0.3, -0.25) is 0 Å². The van der Waals surface area contributed by atoms with E-state index in [4.69, 9.17) is 4.74 Å². The van der Waals surface area contributed by atoms with Crippen molar-refractivity contribution in [3.8, 4) is 5.75 Å². The molecule has 0 spiro atoms. The van der Waals surface area contributed by atoms with Crippen LogP contribution in [0.25, 0.3) is 0 Å². The van der Waals surface area contributed by atoms with E-state index in [1.807, 2.05) is 0 Å². The number of rotatable bonds is 6. The van der Waals surface area contributed by atoms with Gasteiger partial charge in [-0.25, -0.2) is 4.39 Å². The third-order valence-corrected chi connectivity index (χ3v) is 4.37. The van der Waals surface area contributed by atoms with Crippen LogP contribution in [0.5, 0.6) is 5.75 Å². The van der Waals surface area contributed by atoms with Gasteiger partial charge in [-0.05, 0) is 42.9 Å². The molecule has 104 valence electrons. The summed E-state index contributed by atoms with van der Waals surface area (Å²) in [6.07, 6.45) is 6.31. The van der Waals surface area contributed by atoms with Crippen LogP contribution >= 0.6 is 0 Å². The first-order valence-corrected chi connectivity index (χ1v) is 7.37. The predicted molar refractivity (Wildman–Crippen MR) is 74.0 cm³/mol. The van der Waals surface area contributed by atoms with E-state index < -0.39 is 0 Å². The SMILES string of the molecule is CCCC1(CNCC2Cc3cc(F)ccc3O2)CC1. The van der Waals surface area contributed by atoms with Gasteiger partial charge < -0.3 is 10.1 Å². The van der Waals surface area contributed by atoms with Crippen molar-refractivity contribution < 1.29 is 9.13 Å². The van der Waals surface area contributed by atoms with E-state index >= 15 is 0 Å². The number of hydrogen-bond donors (Lipinski definition) is 1. The van der Waals surface area contributed by atoms with Gasteiger partial charge in [0, 0.05) is 25.1 Å². The van der Waals surface area contributed by atoms with Crippen molar-refractivity contribution in [1.29, 1.82) is 0 Å². The van der Waals surface area contributed by atoms with Crippen LogP contribution < -0.4 is 10.1 Å². The zero-order chi connectivity index (χ0) is 13.3. The van der Waals surface area contributed by atoms with Crippen LogP contribution in [0.15, 0.2) is 18.2 Å². The van der Waals surface area contributed by atoms with Gasteiger partial charge in [0.15, 0.2) is 0 Å². The standard InChI is InChI=1S/C16H22FNO/c1-2-5-16(6-7-16)11-18-10-14-9-12-8-13(17)3-4-15(12)19-14/h3-4,8,14,18H,2,5-7,9-11H2,1H3. The minimum Gasteiger partial charge on any atom is -0.488 e. The first-order valence-electron chi connectivity index (χ1n) is 7.37. The van der Waals surface area contributed by atoms with E-state index in [-0.39, 0.29) is 11.9 Å². The highest BCUT2D eigenvalue weighted by molar-refractivity contribution is 5.37. The Morgan fingerprint density at radius 3 is 3.00 bits per heavy atom. The molecule has 0 bridgehead atoms. The maximum absolute atomic E-state index is 13.1. The lowest BCUT2D eigenvalue weighted by Crippen LogP contribution is -2.34. The zero-order valence-electron chi connectivity index (χ0n) is 11.5. The summed E-state index contributed by atoms with van der Waals surface area (Å²) >= 11 is 0. The third-order valence-electron chi connectivity index (χ3n) is 4.37. The number of hydrogen-bond acceptors (Lipinski definition) is 2. The Morgan fingerprint density at radius 1 is 1.42 bits per heavy atom. The van der Waals surface area contributed by atoms with Crippen LogP contribution in [0.1, 0.15) is 38.2 Å². The van der Waals surface area contributed by atoms with E-state index in [1.54, 1.807) is 12.1 Å². The van der Waals surface area contributed by atoms with Crippen LogP contribution in [0.4, 0.5) is 4.39 Å². The molecule has 1 unspecified atom stereocenters. The van der Waals surface area contributed by atoms with Gasteiger partial charge in [0.25, 0.3) is 0 Å². The Hall–Kier alpha value is -1.09. The molecule has 0 amide bonds. The molecule has 1 heterocycles. The van der Waals surface area contributed by atoms with E-state index in [9.17, 15) is 4.39 Å². The molecule has 19 heavy (non-hydrogen) atoms. The summed E-state index contributed by atoms with van der Waals surface area (Å²) in [5.41, 5.74) is 1.58. The monoisotopic (exact) mass is 263 g/mol. The van der Waals surface area contributed by atoms with Crippen LogP contribution in [0, 0.1) is 11.2 Å². The van der Waals surface area contributed by atoms with Gasteiger partial charge in [-0.1, -0.05) is 13.3 Å². The molecule has 1 saturated carbocycles. The highest BCUT2D eigenvalue weighted by Gasteiger charge is 2.41. The van der Waals surface area contributed by atoms with Crippen molar-refractivity contribution in [1.82, 2.24) is 5.32 Å². The number of nitrogens with one attached hydrogen (secondary N) is 1. The Bertz CT molecular complexity index is 456. The molecule has 2 aliphatic rings. The van der Waals surface area contributed by atoms with Crippen molar-refractivity contribution in [2.24, 2.45) is 5.41 Å². The van der Waals surface area contributed by atoms with Crippen molar-refractivity contribution in [2.75, 3.05) is 13.1 Å². The van der Waals surface area contributed by atoms with Gasteiger partial charge >= 0.3 is 0 Å². The summed E-state index contributed by atoms with van der Waals surface area (Å²) in [5.74, 6) is 0.679. The van der Waals surface area contributed by atoms with Crippen LogP contribution in [-0.2, 0) is 6.42 Å². The fourth-order valence-corrected chi connectivity index (χ4v) is 3.12. The Labute approximate surface area is 114 Å². The lowest BCUT2D eigenvalue weighted by atomic mass is 10.0. The summed E-state index contributed by atoms with van der Waals surface area (Å²) in [7, 11) is 0. The normalized spacial score (nSPS) is 22.9. The molecule has 1 N–H and O–H groups in total. The van der Waals surface area contributed by atoms with E-state index in [0.29, 0.717) is 5.41 Å². The Morgan fingerprint density at radius 2 is 2.26 bits per heavy atom. The molecule has 2 nitrogen and oxygen atoms in total. The van der Waals surface area contributed by atoms with Crippen LogP contribution in [-0.4, -0.2) is 19.2 Å². The fourth-order valence-electron chi connectivity index (χ4n) is 3.12. The summed E-state index contributed by atoms with van der Waals surface area (Å²) in [4.78, 5) is 0.